The van der Waals surface area contributed by atoms with Gasteiger partial charge < -0.3 is 9.64 Å². The first-order valence-corrected chi connectivity index (χ1v) is 11.0. The number of hydrogen-bond donors (Lipinski definition) is 0. The molecular weight excluding hydrogens is 408 g/mol. The van der Waals surface area contributed by atoms with Crippen LogP contribution in [0.5, 0.6) is 0 Å². The summed E-state index contributed by atoms with van der Waals surface area (Å²) >= 11 is 0. The van der Waals surface area contributed by atoms with Crippen LogP contribution in [0.2, 0.25) is 0 Å². The number of ether oxygens (including phenoxy) is 1. The van der Waals surface area contributed by atoms with Gasteiger partial charge in [0.05, 0.1) is 17.5 Å². The Morgan fingerprint density at radius 3 is 2.09 bits per heavy atom. The van der Waals surface area contributed by atoms with Crippen molar-refractivity contribution in [2.45, 2.75) is 25.7 Å². The van der Waals surface area contributed by atoms with Crippen LogP contribution in [-0.2, 0) is 20.7 Å². The summed E-state index contributed by atoms with van der Waals surface area (Å²) in [6, 6.07) is 16.9. The Labute approximate surface area is 187 Å². The third-order valence-corrected chi connectivity index (χ3v) is 6.11. The number of amides is 3. The normalized spacial score (nSPS) is 16.2. The van der Waals surface area contributed by atoms with Crippen LogP contribution in [0.25, 0.3) is 0 Å². The van der Waals surface area contributed by atoms with Crippen LogP contribution in [0.1, 0.15) is 45.5 Å². The van der Waals surface area contributed by atoms with E-state index in [-0.39, 0.29) is 25.5 Å². The molecule has 0 saturated carbocycles. The number of imide groups is 1. The van der Waals surface area contributed by atoms with Gasteiger partial charge in [-0.2, -0.15) is 0 Å². The molecule has 2 heterocycles. The van der Waals surface area contributed by atoms with Crippen LogP contribution >= 0.6 is 0 Å². The summed E-state index contributed by atoms with van der Waals surface area (Å²) in [7, 11) is 0. The number of carbonyl (C=O) groups excluding carboxylic acids is 4. The molecule has 0 N–H and O–H groups in total. The van der Waals surface area contributed by atoms with E-state index in [1.807, 2.05) is 18.2 Å². The zero-order chi connectivity index (χ0) is 22.5. The number of fused-ring (bicyclic) bond motifs is 1. The van der Waals surface area contributed by atoms with Crippen LogP contribution in [0.3, 0.4) is 0 Å². The molecule has 7 heteroatoms. The minimum Gasteiger partial charge on any atom is -0.456 e. The molecule has 32 heavy (non-hydrogen) atoms. The van der Waals surface area contributed by atoms with Crippen molar-refractivity contribution in [3.63, 3.8) is 0 Å². The number of rotatable bonds is 7. The van der Waals surface area contributed by atoms with Crippen LogP contribution in [-0.4, -0.2) is 59.7 Å². The fraction of sp³-hybridized carbons (Fsp3) is 0.360. The topological polar surface area (TPSA) is 84.0 Å². The Morgan fingerprint density at radius 1 is 0.875 bits per heavy atom. The molecule has 3 amide bonds. The number of likely N-dealkylation sites (tertiary alicyclic amines) is 1. The molecule has 0 aliphatic carbocycles. The second-order valence-corrected chi connectivity index (χ2v) is 8.23. The van der Waals surface area contributed by atoms with Crippen molar-refractivity contribution in [1.29, 1.82) is 0 Å². The molecule has 7 nitrogen and oxygen atoms in total. The summed E-state index contributed by atoms with van der Waals surface area (Å²) in [5, 5.41) is 0. The fourth-order valence-corrected chi connectivity index (χ4v) is 4.28. The number of esters is 1. The summed E-state index contributed by atoms with van der Waals surface area (Å²) in [6.45, 7) is 0.931. The second kappa shape index (κ2) is 9.77. The van der Waals surface area contributed by atoms with Crippen LogP contribution in [0.4, 0.5) is 0 Å². The van der Waals surface area contributed by atoms with Crippen LogP contribution in [0.15, 0.2) is 54.6 Å². The van der Waals surface area contributed by atoms with Crippen molar-refractivity contribution >= 4 is 23.7 Å². The first-order chi connectivity index (χ1) is 15.5. The molecule has 0 radical (unpaired) electrons. The van der Waals surface area contributed by atoms with Gasteiger partial charge in [-0.05, 0) is 42.9 Å². The summed E-state index contributed by atoms with van der Waals surface area (Å²) in [6.07, 6.45) is 2.72. The van der Waals surface area contributed by atoms with Crippen molar-refractivity contribution in [1.82, 2.24) is 9.80 Å². The SMILES string of the molecule is O=C(CCN1C(=O)c2ccccc2C1=O)OCC(=O)N1CCC(Cc2ccccc2)CC1. The van der Waals surface area contributed by atoms with Gasteiger partial charge in [-0.15, -0.1) is 0 Å². The van der Waals surface area contributed by atoms with Gasteiger partial charge in [0.1, 0.15) is 0 Å². The lowest BCUT2D eigenvalue weighted by Crippen LogP contribution is -2.41. The number of hydrogen-bond acceptors (Lipinski definition) is 5. The molecule has 1 saturated heterocycles. The minimum absolute atomic E-state index is 0.0652. The van der Waals surface area contributed by atoms with Crippen molar-refractivity contribution < 1.29 is 23.9 Å². The molecule has 2 aliphatic heterocycles. The van der Waals surface area contributed by atoms with Gasteiger partial charge in [0.15, 0.2) is 6.61 Å². The lowest BCUT2D eigenvalue weighted by atomic mass is 9.90. The number of piperidine rings is 1. The molecular formula is C25H26N2O5. The molecule has 2 aromatic rings. The maximum absolute atomic E-state index is 12.4. The van der Waals surface area contributed by atoms with E-state index in [2.05, 4.69) is 12.1 Å². The lowest BCUT2D eigenvalue weighted by molar-refractivity contribution is -0.152. The van der Waals surface area contributed by atoms with E-state index in [1.165, 1.54) is 5.56 Å². The summed E-state index contributed by atoms with van der Waals surface area (Å²) in [5.41, 5.74) is 2.00. The molecule has 0 spiro atoms. The molecule has 0 bridgehead atoms. The maximum Gasteiger partial charge on any atom is 0.308 e. The summed E-state index contributed by atoms with van der Waals surface area (Å²) < 4.78 is 5.11. The molecule has 4 rings (SSSR count). The quantitative estimate of drug-likeness (QED) is 0.494. The Bertz CT molecular complexity index is 977. The Hall–Kier alpha value is -3.48. The first kappa shape index (κ1) is 21.7. The van der Waals surface area contributed by atoms with Gasteiger partial charge >= 0.3 is 5.97 Å². The van der Waals surface area contributed by atoms with Gasteiger partial charge in [0, 0.05) is 19.6 Å². The average Bonchev–Trinajstić information content (AvgIpc) is 3.07. The number of nitrogens with zero attached hydrogens (tertiary/aromatic N) is 2. The van der Waals surface area contributed by atoms with E-state index in [0.29, 0.717) is 30.1 Å². The highest BCUT2D eigenvalue weighted by Gasteiger charge is 2.35. The average molecular weight is 434 g/mol. The highest BCUT2D eigenvalue weighted by atomic mass is 16.5. The van der Waals surface area contributed by atoms with E-state index in [1.54, 1.807) is 29.2 Å². The standard InChI is InChI=1S/C25H26N2O5/c28-22(26-13-10-19(11-14-26)16-18-6-2-1-3-7-18)17-32-23(29)12-15-27-24(30)20-8-4-5-9-21(20)25(27)31/h1-9,19H,10-17H2. The highest BCUT2D eigenvalue weighted by molar-refractivity contribution is 6.21. The molecule has 2 aliphatic rings. The summed E-state index contributed by atoms with van der Waals surface area (Å²) in [5.74, 6) is -1.09. The van der Waals surface area contributed by atoms with Crippen molar-refractivity contribution in [2.75, 3.05) is 26.2 Å². The molecule has 0 atom stereocenters. The van der Waals surface area contributed by atoms with Crippen molar-refractivity contribution in [3.05, 3.63) is 71.3 Å². The van der Waals surface area contributed by atoms with Crippen LogP contribution < -0.4 is 0 Å². The van der Waals surface area contributed by atoms with E-state index < -0.39 is 17.8 Å². The van der Waals surface area contributed by atoms with Gasteiger partial charge in [0.2, 0.25) is 0 Å². The molecule has 166 valence electrons. The highest BCUT2D eigenvalue weighted by Crippen LogP contribution is 2.23. The summed E-state index contributed by atoms with van der Waals surface area (Å²) in [4.78, 5) is 51.9. The van der Waals surface area contributed by atoms with Crippen molar-refractivity contribution in [3.8, 4) is 0 Å². The zero-order valence-corrected chi connectivity index (χ0v) is 17.9. The first-order valence-electron chi connectivity index (χ1n) is 11.0. The van der Waals surface area contributed by atoms with Gasteiger partial charge in [-0.1, -0.05) is 42.5 Å². The number of benzene rings is 2. The molecule has 2 aromatic carbocycles. The Balaban J connectivity index is 1.17. The Morgan fingerprint density at radius 2 is 1.47 bits per heavy atom. The van der Waals surface area contributed by atoms with Gasteiger partial charge in [-0.25, -0.2) is 0 Å². The molecule has 0 unspecified atom stereocenters. The third-order valence-electron chi connectivity index (χ3n) is 6.11. The van der Waals surface area contributed by atoms with Gasteiger partial charge in [-0.3, -0.25) is 24.1 Å². The smallest absolute Gasteiger partial charge is 0.308 e. The van der Waals surface area contributed by atoms with E-state index in [9.17, 15) is 19.2 Å². The minimum atomic E-state index is -0.603. The monoisotopic (exact) mass is 434 g/mol. The predicted molar refractivity (Wildman–Crippen MR) is 117 cm³/mol. The third kappa shape index (κ3) is 4.88. The second-order valence-electron chi connectivity index (χ2n) is 8.23. The van der Waals surface area contributed by atoms with Crippen molar-refractivity contribution in [2.24, 2.45) is 5.92 Å². The lowest BCUT2D eigenvalue weighted by Gasteiger charge is -2.32. The van der Waals surface area contributed by atoms with E-state index >= 15 is 0 Å². The fourth-order valence-electron chi connectivity index (χ4n) is 4.28. The van der Waals surface area contributed by atoms with Gasteiger partial charge in [0.25, 0.3) is 17.7 Å². The van der Waals surface area contributed by atoms with Crippen LogP contribution in [0, 0.1) is 5.92 Å². The van der Waals surface area contributed by atoms with E-state index in [0.717, 1.165) is 24.2 Å². The Kier molecular flexibility index (Phi) is 6.63. The number of carbonyl (C=O) groups is 4. The molecule has 1 fully saturated rings. The largest absolute Gasteiger partial charge is 0.456 e. The molecule has 0 aromatic heterocycles. The zero-order valence-electron chi connectivity index (χ0n) is 17.9. The predicted octanol–water partition coefficient (Wildman–Crippen LogP) is 2.70. The maximum atomic E-state index is 12.4. The van der Waals surface area contributed by atoms with E-state index in [4.69, 9.17) is 4.74 Å².